The number of hydrogen-bond acceptors (Lipinski definition) is 7. The van der Waals surface area contributed by atoms with Crippen LogP contribution in [0.3, 0.4) is 0 Å². The van der Waals surface area contributed by atoms with Crippen LogP contribution in [0.4, 0.5) is 5.69 Å². The average Bonchev–Trinajstić information content (AvgIpc) is 2.78. The summed E-state index contributed by atoms with van der Waals surface area (Å²) >= 11 is 1.35. The van der Waals surface area contributed by atoms with E-state index >= 15 is 0 Å². The number of sulfonamides is 1. The predicted molar refractivity (Wildman–Crippen MR) is 126 cm³/mol. The van der Waals surface area contributed by atoms with Gasteiger partial charge >= 0.3 is 0 Å². The number of aryl methyl sites for hydroxylation is 1. The number of hydrogen-bond donors (Lipinski definition) is 2. The summed E-state index contributed by atoms with van der Waals surface area (Å²) in [5.74, 6) is -0.260. The van der Waals surface area contributed by atoms with Crippen LogP contribution in [0.1, 0.15) is 24.6 Å². The Balaban J connectivity index is 1.59. The molecule has 3 rings (SSSR count). The monoisotopic (exact) mass is 479 g/mol. The largest absolute Gasteiger partial charge is 0.326 e. The van der Waals surface area contributed by atoms with Crippen molar-refractivity contribution in [2.24, 2.45) is 0 Å². The van der Waals surface area contributed by atoms with E-state index in [1.165, 1.54) is 28.2 Å². The van der Waals surface area contributed by atoms with Crippen LogP contribution in [0.15, 0.2) is 39.1 Å². The normalized spacial score (nSPS) is 15.6. The molecule has 11 heteroatoms. The number of rotatable bonds is 8. The van der Waals surface area contributed by atoms with E-state index < -0.39 is 10.0 Å². The zero-order chi connectivity index (χ0) is 23.3. The number of nitrogens with zero attached hydrogens (tertiary/aromatic N) is 3. The van der Waals surface area contributed by atoms with Gasteiger partial charge in [0.1, 0.15) is 0 Å². The highest BCUT2D eigenvalue weighted by molar-refractivity contribution is 7.98. The molecule has 2 N–H and O–H groups in total. The van der Waals surface area contributed by atoms with Crippen LogP contribution < -0.4 is 10.9 Å². The number of aromatic nitrogens is 2. The Morgan fingerprint density at radius 2 is 1.84 bits per heavy atom. The lowest BCUT2D eigenvalue weighted by Crippen LogP contribution is -2.48. The van der Waals surface area contributed by atoms with Gasteiger partial charge in [0.2, 0.25) is 15.9 Å². The SMILES string of the molecule is CCN1CCN(S(=O)(=O)c2ccc(NC(=O)CCc3c(C)nc(SC)[nH]c3=O)cc2)CC1. The number of thioether (sulfide) groups is 1. The van der Waals surface area contributed by atoms with Crippen molar-refractivity contribution in [3.63, 3.8) is 0 Å². The Morgan fingerprint density at radius 3 is 2.41 bits per heavy atom. The van der Waals surface area contributed by atoms with Gasteiger partial charge in [-0.2, -0.15) is 4.31 Å². The number of anilines is 1. The molecule has 0 bridgehead atoms. The Kier molecular flexibility index (Phi) is 8.10. The molecule has 0 spiro atoms. The van der Waals surface area contributed by atoms with E-state index in [1.54, 1.807) is 19.1 Å². The fourth-order valence-corrected chi connectivity index (χ4v) is 5.43. The number of likely N-dealkylation sites (N-methyl/N-ethyl adjacent to an activating group) is 1. The van der Waals surface area contributed by atoms with Gasteiger partial charge in [-0.1, -0.05) is 18.7 Å². The van der Waals surface area contributed by atoms with E-state index in [4.69, 9.17) is 0 Å². The van der Waals surface area contributed by atoms with Crippen molar-refractivity contribution in [3.05, 3.63) is 45.9 Å². The molecule has 1 fully saturated rings. The van der Waals surface area contributed by atoms with Crippen molar-refractivity contribution >= 4 is 33.4 Å². The Bertz CT molecular complexity index is 1110. The van der Waals surface area contributed by atoms with Crippen LogP contribution in [0.5, 0.6) is 0 Å². The summed E-state index contributed by atoms with van der Waals surface area (Å²) in [7, 11) is -3.55. The summed E-state index contributed by atoms with van der Waals surface area (Å²) in [6.45, 7) is 7.12. The lowest BCUT2D eigenvalue weighted by Gasteiger charge is -2.33. The number of piperazine rings is 1. The first-order valence-electron chi connectivity index (χ1n) is 10.5. The van der Waals surface area contributed by atoms with Crippen molar-refractivity contribution in [3.8, 4) is 0 Å². The van der Waals surface area contributed by atoms with E-state index in [2.05, 4.69) is 27.1 Å². The zero-order valence-electron chi connectivity index (χ0n) is 18.6. The Labute approximate surface area is 192 Å². The molecule has 0 radical (unpaired) electrons. The van der Waals surface area contributed by atoms with E-state index in [9.17, 15) is 18.0 Å². The molecule has 0 aliphatic carbocycles. The summed E-state index contributed by atoms with van der Waals surface area (Å²) in [6.07, 6.45) is 2.21. The van der Waals surface area contributed by atoms with Crippen LogP contribution in [0, 0.1) is 6.92 Å². The highest BCUT2D eigenvalue weighted by Gasteiger charge is 2.27. The second kappa shape index (κ2) is 10.6. The molecule has 0 atom stereocenters. The topological polar surface area (TPSA) is 115 Å². The average molecular weight is 480 g/mol. The summed E-state index contributed by atoms with van der Waals surface area (Å²) in [5.41, 5.74) is 1.37. The molecule has 1 aromatic heterocycles. The first-order valence-corrected chi connectivity index (χ1v) is 13.2. The van der Waals surface area contributed by atoms with E-state index in [-0.39, 0.29) is 29.2 Å². The van der Waals surface area contributed by atoms with Gasteiger partial charge in [0, 0.05) is 49.5 Å². The number of benzene rings is 1. The molecule has 0 unspecified atom stereocenters. The number of amides is 1. The molecule has 1 saturated heterocycles. The van der Waals surface area contributed by atoms with E-state index in [0.29, 0.717) is 35.2 Å². The van der Waals surface area contributed by atoms with Crippen LogP contribution in [0.2, 0.25) is 0 Å². The van der Waals surface area contributed by atoms with Gasteiger partial charge in [0.05, 0.1) is 4.90 Å². The van der Waals surface area contributed by atoms with Gasteiger partial charge in [-0.25, -0.2) is 13.4 Å². The van der Waals surface area contributed by atoms with Crippen molar-refractivity contribution < 1.29 is 13.2 Å². The number of carbonyl (C=O) groups is 1. The first-order chi connectivity index (χ1) is 15.2. The van der Waals surface area contributed by atoms with Crippen molar-refractivity contribution in [1.29, 1.82) is 0 Å². The molecular weight excluding hydrogens is 450 g/mol. The minimum atomic E-state index is -3.55. The van der Waals surface area contributed by atoms with Crippen molar-refractivity contribution in [1.82, 2.24) is 19.2 Å². The number of nitrogens with one attached hydrogen (secondary N) is 2. The second-order valence-electron chi connectivity index (χ2n) is 7.55. The summed E-state index contributed by atoms with van der Waals surface area (Å²) in [5, 5.41) is 3.30. The number of H-pyrrole nitrogens is 1. The fourth-order valence-electron chi connectivity index (χ4n) is 3.58. The Morgan fingerprint density at radius 1 is 1.19 bits per heavy atom. The van der Waals surface area contributed by atoms with Crippen LogP contribution >= 0.6 is 11.8 Å². The maximum absolute atomic E-state index is 12.9. The molecule has 1 aliphatic heterocycles. The third-order valence-corrected chi connectivity index (χ3v) is 8.04. The third kappa shape index (κ3) is 5.77. The summed E-state index contributed by atoms with van der Waals surface area (Å²) in [4.78, 5) is 34.0. The van der Waals surface area contributed by atoms with Gasteiger partial charge in [0.15, 0.2) is 5.16 Å². The molecule has 1 aromatic carbocycles. The fraction of sp³-hybridized carbons (Fsp3) is 0.476. The minimum absolute atomic E-state index is 0.117. The third-order valence-electron chi connectivity index (χ3n) is 5.55. The summed E-state index contributed by atoms with van der Waals surface area (Å²) < 4.78 is 27.2. The van der Waals surface area contributed by atoms with Crippen LogP contribution in [0.25, 0.3) is 0 Å². The van der Waals surface area contributed by atoms with Crippen molar-refractivity contribution in [2.75, 3.05) is 44.3 Å². The van der Waals surface area contributed by atoms with E-state index in [0.717, 1.165) is 19.6 Å². The van der Waals surface area contributed by atoms with Gasteiger partial charge in [-0.15, -0.1) is 0 Å². The molecule has 2 heterocycles. The van der Waals surface area contributed by atoms with Gasteiger partial charge in [-0.05, 0) is 50.4 Å². The maximum Gasteiger partial charge on any atom is 0.254 e. The minimum Gasteiger partial charge on any atom is -0.326 e. The molecule has 0 saturated carbocycles. The van der Waals surface area contributed by atoms with Gasteiger partial charge in [-0.3, -0.25) is 9.59 Å². The van der Waals surface area contributed by atoms with Crippen LogP contribution in [-0.4, -0.2) is 72.5 Å². The zero-order valence-corrected chi connectivity index (χ0v) is 20.2. The molecule has 9 nitrogen and oxygen atoms in total. The van der Waals surface area contributed by atoms with E-state index in [1.807, 2.05) is 6.26 Å². The standard InChI is InChI=1S/C21H29N5O4S2/c1-4-25-11-13-26(14-12-25)32(29,30)17-7-5-16(6-8-17)23-19(27)10-9-18-15(2)22-21(31-3)24-20(18)28/h5-8H,4,9-14H2,1-3H3,(H,23,27)(H,22,24,28). The predicted octanol–water partition coefficient (Wildman–Crippen LogP) is 1.70. The molecule has 1 aliphatic rings. The molecule has 2 aromatic rings. The van der Waals surface area contributed by atoms with Crippen LogP contribution in [-0.2, 0) is 21.2 Å². The first kappa shape index (κ1) is 24.4. The molecule has 32 heavy (non-hydrogen) atoms. The molecule has 1 amide bonds. The summed E-state index contributed by atoms with van der Waals surface area (Å²) in [6, 6.07) is 6.19. The quantitative estimate of drug-likeness (QED) is 0.437. The highest BCUT2D eigenvalue weighted by atomic mass is 32.2. The molecule has 174 valence electrons. The van der Waals surface area contributed by atoms with Gasteiger partial charge < -0.3 is 15.2 Å². The number of carbonyl (C=O) groups excluding carboxylic acids is 1. The highest BCUT2D eigenvalue weighted by Crippen LogP contribution is 2.20. The Hall–Kier alpha value is -2.21. The second-order valence-corrected chi connectivity index (χ2v) is 10.3. The molecular formula is C21H29N5O4S2. The van der Waals surface area contributed by atoms with Gasteiger partial charge in [0.25, 0.3) is 5.56 Å². The lowest BCUT2D eigenvalue weighted by molar-refractivity contribution is -0.116. The smallest absolute Gasteiger partial charge is 0.254 e. The lowest BCUT2D eigenvalue weighted by atomic mass is 10.1. The number of aromatic amines is 1. The maximum atomic E-state index is 12.9. The van der Waals surface area contributed by atoms with Crippen molar-refractivity contribution in [2.45, 2.75) is 36.7 Å².